The van der Waals surface area contributed by atoms with Gasteiger partial charge in [-0.15, -0.1) is 0 Å². The van der Waals surface area contributed by atoms with Crippen LogP contribution in [-0.2, 0) is 4.74 Å². The van der Waals surface area contributed by atoms with Crippen LogP contribution in [0, 0.1) is 0 Å². The van der Waals surface area contributed by atoms with Crippen LogP contribution in [0.3, 0.4) is 0 Å². The largest absolute Gasteiger partial charge is 0.482 e. The first kappa shape index (κ1) is 23.9. The normalized spacial score (nSPS) is 22.0. The number of ether oxygens (including phenoxy) is 2. The van der Waals surface area contributed by atoms with Gasteiger partial charge in [-0.05, 0) is 63.0 Å². The summed E-state index contributed by atoms with van der Waals surface area (Å²) in [7, 11) is 1.72. The molecule has 2 fully saturated rings. The topological polar surface area (TPSA) is 116 Å². The van der Waals surface area contributed by atoms with E-state index < -0.39 is 0 Å². The lowest BCUT2D eigenvalue weighted by molar-refractivity contribution is 0.0803. The molecule has 2 aromatic carbocycles. The zero-order valence-corrected chi connectivity index (χ0v) is 22.5. The number of H-pyrrole nitrogens is 3. The van der Waals surface area contributed by atoms with Crippen molar-refractivity contribution in [3.63, 3.8) is 0 Å². The van der Waals surface area contributed by atoms with Crippen molar-refractivity contribution in [2.75, 3.05) is 26.8 Å². The molecule has 3 aromatic heterocycles. The Morgan fingerprint density at radius 3 is 2.17 bits per heavy atom. The van der Waals surface area contributed by atoms with Gasteiger partial charge in [0.25, 0.3) is 0 Å². The molecule has 1 unspecified atom stereocenters. The van der Waals surface area contributed by atoms with Crippen LogP contribution >= 0.6 is 0 Å². The second-order valence-electron chi connectivity index (χ2n) is 11.1. The highest BCUT2D eigenvalue weighted by molar-refractivity contribution is 5.96. The number of aromatic nitrogens is 5. The fourth-order valence-corrected chi connectivity index (χ4v) is 6.56. The van der Waals surface area contributed by atoms with Crippen molar-refractivity contribution in [1.29, 1.82) is 0 Å². The number of benzene rings is 2. The number of fused-ring (bicyclic) bond motifs is 5. The molecule has 0 saturated carbocycles. The minimum absolute atomic E-state index is 0.230. The molecule has 40 heavy (non-hydrogen) atoms. The standard InChI is InChI=1S/C31H33N7O2/c1-39-16-27-28-20-12-17(24-14-34-30(37-24)22-4-2-10-32-22)7-9-21(20)36-29(28)19-8-6-18(13-26(19)40-27)25-15-35-31(38-25)23-5-3-11-33-23/h6-9,12-15,22-23,27,32-33,36H,2-5,10-11,16H2,1H3,(H,34,37)(H,35,38)/t22-,23-,27?/m0/s1. The summed E-state index contributed by atoms with van der Waals surface area (Å²) in [6.45, 7) is 2.55. The summed E-state index contributed by atoms with van der Waals surface area (Å²) in [5.74, 6) is 2.86. The van der Waals surface area contributed by atoms with Crippen molar-refractivity contribution >= 4 is 10.9 Å². The van der Waals surface area contributed by atoms with Gasteiger partial charge in [-0.2, -0.15) is 0 Å². The monoisotopic (exact) mass is 535 g/mol. The first-order valence-electron chi connectivity index (χ1n) is 14.3. The number of imidazole rings is 2. The molecule has 3 atom stereocenters. The molecule has 9 nitrogen and oxygen atoms in total. The van der Waals surface area contributed by atoms with E-state index >= 15 is 0 Å². The van der Waals surface area contributed by atoms with Crippen molar-refractivity contribution in [2.45, 2.75) is 43.9 Å². The van der Waals surface area contributed by atoms with E-state index in [-0.39, 0.29) is 6.10 Å². The second-order valence-corrected chi connectivity index (χ2v) is 11.1. The Morgan fingerprint density at radius 1 is 0.850 bits per heavy atom. The predicted molar refractivity (Wildman–Crippen MR) is 154 cm³/mol. The maximum Gasteiger partial charge on any atom is 0.150 e. The molecule has 6 heterocycles. The Labute approximate surface area is 232 Å². The van der Waals surface area contributed by atoms with Gasteiger partial charge in [-0.1, -0.05) is 12.1 Å². The summed E-state index contributed by atoms with van der Waals surface area (Å²) in [5, 5.41) is 8.18. The fraction of sp³-hybridized carbons (Fsp3) is 0.355. The van der Waals surface area contributed by atoms with Gasteiger partial charge in [0.1, 0.15) is 23.5 Å². The SMILES string of the molecule is COCC1Oc2cc(-c3cnc([C@@H]4CCCN4)[nH]3)ccc2-c2[nH]c3ccc(-c4cnc([C@@H]5CCCN5)[nH]4)cc3c21. The molecule has 204 valence electrons. The smallest absolute Gasteiger partial charge is 0.150 e. The van der Waals surface area contributed by atoms with Gasteiger partial charge in [-0.3, -0.25) is 0 Å². The van der Waals surface area contributed by atoms with E-state index in [4.69, 9.17) is 9.47 Å². The van der Waals surface area contributed by atoms with E-state index in [1.807, 2.05) is 12.4 Å². The summed E-state index contributed by atoms with van der Waals surface area (Å²) in [4.78, 5) is 20.1. The number of aromatic amines is 3. The lowest BCUT2D eigenvalue weighted by atomic mass is 9.95. The minimum Gasteiger partial charge on any atom is -0.482 e. The molecule has 0 radical (unpaired) electrons. The van der Waals surface area contributed by atoms with Gasteiger partial charge < -0.3 is 35.1 Å². The average molecular weight is 536 g/mol. The van der Waals surface area contributed by atoms with E-state index in [9.17, 15) is 0 Å². The van der Waals surface area contributed by atoms with Crippen LogP contribution in [0.4, 0.5) is 0 Å². The van der Waals surface area contributed by atoms with Crippen LogP contribution in [0.2, 0.25) is 0 Å². The highest BCUT2D eigenvalue weighted by Crippen LogP contribution is 2.47. The van der Waals surface area contributed by atoms with Crippen LogP contribution in [-0.4, -0.2) is 51.7 Å². The maximum atomic E-state index is 6.63. The molecule has 9 heteroatoms. The summed E-state index contributed by atoms with van der Waals surface area (Å²) < 4.78 is 12.3. The van der Waals surface area contributed by atoms with Gasteiger partial charge in [0.05, 0.1) is 48.2 Å². The molecular weight excluding hydrogens is 502 g/mol. The zero-order chi connectivity index (χ0) is 26.6. The summed E-state index contributed by atoms with van der Waals surface area (Å²) in [6.07, 6.45) is 8.24. The average Bonchev–Trinajstić information content (AvgIpc) is 3.80. The molecule has 0 bridgehead atoms. The van der Waals surface area contributed by atoms with Crippen LogP contribution in [0.1, 0.15) is 61.1 Å². The first-order valence-corrected chi connectivity index (χ1v) is 14.3. The molecule has 0 spiro atoms. The molecule has 3 aliphatic rings. The highest BCUT2D eigenvalue weighted by Gasteiger charge is 2.31. The highest BCUT2D eigenvalue weighted by atomic mass is 16.5. The second kappa shape index (κ2) is 9.62. The van der Waals surface area contributed by atoms with Crippen molar-refractivity contribution in [2.24, 2.45) is 0 Å². The third-order valence-electron chi connectivity index (χ3n) is 8.59. The molecule has 5 N–H and O–H groups in total. The van der Waals surface area contributed by atoms with Crippen molar-refractivity contribution in [1.82, 2.24) is 35.6 Å². The summed E-state index contributed by atoms with van der Waals surface area (Å²) >= 11 is 0. The Balaban J connectivity index is 1.17. The van der Waals surface area contributed by atoms with E-state index in [2.05, 4.69) is 72.0 Å². The number of nitrogens with one attached hydrogen (secondary N) is 5. The lowest BCUT2D eigenvalue weighted by Crippen LogP contribution is -2.18. The Kier molecular flexibility index (Phi) is 5.75. The van der Waals surface area contributed by atoms with Crippen molar-refractivity contribution in [3.8, 4) is 39.5 Å². The fourth-order valence-electron chi connectivity index (χ4n) is 6.56. The van der Waals surface area contributed by atoms with Gasteiger partial charge in [0.2, 0.25) is 0 Å². The molecule has 5 aromatic rings. The Hall–Kier alpha value is -3.92. The van der Waals surface area contributed by atoms with Crippen LogP contribution in [0.25, 0.3) is 44.7 Å². The van der Waals surface area contributed by atoms with Crippen LogP contribution in [0.15, 0.2) is 48.8 Å². The third-order valence-corrected chi connectivity index (χ3v) is 8.59. The number of rotatable bonds is 6. The zero-order valence-electron chi connectivity index (χ0n) is 22.5. The van der Waals surface area contributed by atoms with Gasteiger partial charge >= 0.3 is 0 Å². The van der Waals surface area contributed by atoms with E-state index in [1.54, 1.807) is 7.11 Å². The van der Waals surface area contributed by atoms with Crippen LogP contribution in [0.5, 0.6) is 5.75 Å². The summed E-state index contributed by atoms with van der Waals surface area (Å²) in [5.41, 5.74) is 8.53. The molecule has 0 amide bonds. The van der Waals surface area contributed by atoms with Gasteiger partial charge in [-0.25, -0.2) is 9.97 Å². The third kappa shape index (κ3) is 3.96. The van der Waals surface area contributed by atoms with Crippen LogP contribution < -0.4 is 15.4 Å². The molecule has 3 aliphatic heterocycles. The Morgan fingerprint density at radius 2 is 1.52 bits per heavy atom. The molecule has 0 aliphatic carbocycles. The summed E-state index contributed by atoms with van der Waals surface area (Å²) in [6, 6.07) is 13.5. The maximum absolute atomic E-state index is 6.63. The predicted octanol–water partition coefficient (Wildman–Crippen LogP) is 5.54. The Bertz CT molecular complexity index is 1690. The lowest BCUT2D eigenvalue weighted by Gasteiger charge is -2.27. The number of hydrogen-bond acceptors (Lipinski definition) is 6. The van der Waals surface area contributed by atoms with Crippen molar-refractivity contribution < 1.29 is 9.47 Å². The minimum atomic E-state index is -0.230. The van der Waals surface area contributed by atoms with Gasteiger partial charge in [0, 0.05) is 40.3 Å². The number of nitrogens with zero attached hydrogens (tertiary/aromatic N) is 2. The molecule has 2 saturated heterocycles. The van der Waals surface area contributed by atoms with E-state index in [1.165, 1.54) is 12.8 Å². The molecular formula is C31H33N7O2. The first-order chi connectivity index (χ1) is 19.7. The van der Waals surface area contributed by atoms with E-state index in [0.717, 1.165) is 93.6 Å². The van der Waals surface area contributed by atoms with E-state index in [0.29, 0.717) is 18.7 Å². The van der Waals surface area contributed by atoms with Crippen molar-refractivity contribution in [3.05, 3.63) is 66.0 Å². The van der Waals surface area contributed by atoms with Gasteiger partial charge in [0.15, 0.2) is 0 Å². The number of methoxy groups -OCH3 is 1. The molecule has 8 rings (SSSR count). The number of hydrogen-bond donors (Lipinski definition) is 5. The quantitative estimate of drug-likeness (QED) is 0.195.